The van der Waals surface area contributed by atoms with Crippen molar-refractivity contribution in [2.75, 3.05) is 5.32 Å². The first kappa shape index (κ1) is 12.8. The predicted octanol–water partition coefficient (Wildman–Crippen LogP) is 4.19. The summed E-state index contributed by atoms with van der Waals surface area (Å²) in [6, 6.07) is 7.06. The maximum Gasteiger partial charge on any atom is 0.164 e. The number of nitrogens with zero attached hydrogens (tertiary/aromatic N) is 1. The molecule has 0 spiro atoms. The molecule has 1 N–H and O–H groups in total. The van der Waals surface area contributed by atoms with E-state index in [0.717, 1.165) is 6.07 Å². The van der Waals surface area contributed by atoms with Crippen LogP contribution in [-0.4, -0.2) is 4.98 Å². The van der Waals surface area contributed by atoms with Crippen molar-refractivity contribution in [1.29, 1.82) is 0 Å². The lowest BCUT2D eigenvalue weighted by molar-refractivity contribution is 0.494. The van der Waals surface area contributed by atoms with E-state index in [1.807, 2.05) is 0 Å². The maximum atomic E-state index is 13.6. The van der Waals surface area contributed by atoms with Gasteiger partial charge >= 0.3 is 0 Å². The van der Waals surface area contributed by atoms with Gasteiger partial charge in [-0.15, -0.1) is 0 Å². The molecule has 0 aliphatic heterocycles. The van der Waals surface area contributed by atoms with E-state index in [1.54, 1.807) is 31.3 Å². The van der Waals surface area contributed by atoms with Crippen molar-refractivity contribution in [2.24, 2.45) is 0 Å². The fourth-order valence-corrected chi connectivity index (χ4v) is 1.85. The average Bonchev–Trinajstić information content (AvgIpc) is 2.32. The highest BCUT2D eigenvalue weighted by molar-refractivity contribution is 6.29. The van der Waals surface area contributed by atoms with Crippen LogP contribution < -0.4 is 5.32 Å². The second kappa shape index (κ2) is 5.31. The monoisotopic (exact) mass is 268 g/mol. The highest BCUT2D eigenvalue weighted by atomic mass is 35.5. The summed E-state index contributed by atoms with van der Waals surface area (Å²) in [5.41, 5.74) is 0.967. The fourth-order valence-electron chi connectivity index (χ4n) is 1.67. The van der Waals surface area contributed by atoms with Crippen LogP contribution in [0, 0.1) is 11.6 Å². The molecule has 1 unspecified atom stereocenters. The smallest absolute Gasteiger partial charge is 0.164 e. The molecular weight excluding hydrogens is 258 g/mol. The van der Waals surface area contributed by atoms with E-state index in [1.165, 1.54) is 6.07 Å². The third-order valence-electron chi connectivity index (χ3n) is 2.56. The molecule has 0 amide bonds. The highest BCUT2D eigenvalue weighted by Gasteiger charge is 2.14. The first-order chi connectivity index (χ1) is 8.58. The zero-order valence-corrected chi connectivity index (χ0v) is 10.4. The Bertz CT molecular complexity index is 560. The number of halogens is 3. The number of nitrogens with one attached hydrogen (secondary N) is 1. The molecule has 0 saturated carbocycles. The van der Waals surface area contributed by atoms with Crippen molar-refractivity contribution in [2.45, 2.75) is 13.0 Å². The normalized spacial score (nSPS) is 12.2. The van der Waals surface area contributed by atoms with Crippen LogP contribution in [-0.2, 0) is 0 Å². The Hall–Kier alpha value is -1.68. The lowest BCUT2D eigenvalue weighted by Gasteiger charge is -2.16. The van der Waals surface area contributed by atoms with Gasteiger partial charge in [0.2, 0.25) is 0 Å². The molecule has 1 heterocycles. The van der Waals surface area contributed by atoms with Crippen LogP contribution in [0.25, 0.3) is 0 Å². The van der Waals surface area contributed by atoms with Gasteiger partial charge in [-0.05, 0) is 25.1 Å². The lowest BCUT2D eigenvalue weighted by Crippen LogP contribution is -2.09. The van der Waals surface area contributed by atoms with Crippen molar-refractivity contribution < 1.29 is 8.78 Å². The van der Waals surface area contributed by atoms with Crippen molar-refractivity contribution in [3.63, 3.8) is 0 Å². The van der Waals surface area contributed by atoms with Crippen LogP contribution >= 0.6 is 11.6 Å². The molecule has 2 aromatic rings. The minimum Gasteiger partial charge on any atom is -0.378 e. The Balaban J connectivity index is 2.22. The van der Waals surface area contributed by atoms with Crippen LogP contribution in [0.2, 0.25) is 5.15 Å². The highest BCUT2D eigenvalue weighted by Crippen LogP contribution is 2.23. The molecule has 0 radical (unpaired) electrons. The van der Waals surface area contributed by atoms with Crippen LogP contribution in [0.3, 0.4) is 0 Å². The molecule has 94 valence electrons. The standard InChI is InChI=1S/C13H11ClF2N2/c1-8(10-3-2-4-11(15)13(10)16)18-9-5-6-17-12(14)7-9/h2-8H,1H3,(H,17,18). The summed E-state index contributed by atoms with van der Waals surface area (Å²) in [7, 11) is 0. The second-order valence-corrected chi connectivity index (χ2v) is 4.26. The van der Waals surface area contributed by atoms with Crippen LogP contribution in [0.1, 0.15) is 18.5 Å². The largest absolute Gasteiger partial charge is 0.378 e. The van der Waals surface area contributed by atoms with Crippen molar-refractivity contribution in [1.82, 2.24) is 4.98 Å². The molecule has 2 rings (SSSR count). The van der Waals surface area contributed by atoms with Crippen LogP contribution in [0.15, 0.2) is 36.5 Å². The predicted molar refractivity (Wildman–Crippen MR) is 67.6 cm³/mol. The molecule has 18 heavy (non-hydrogen) atoms. The van der Waals surface area contributed by atoms with E-state index in [-0.39, 0.29) is 11.6 Å². The van der Waals surface area contributed by atoms with Gasteiger partial charge < -0.3 is 5.32 Å². The van der Waals surface area contributed by atoms with E-state index >= 15 is 0 Å². The zero-order chi connectivity index (χ0) is 13.1. The third-order valence-corrected chi connectivity index (χ3v) is 2.76. The van der Waals surface area contributed by atoms with E-state index in [2.05, 4.69) is 10.3 Å². The first-order valence-corrected chi connectivity index (χ1v) is 5.77. The van der Waals surface area contributed by atoms with Crippen molar-refractivity contribution in [3.05, 3.63) is 58.9 Å². The van der Waals surface area contributed by atoms with E-state index in [9.17, 15) is 8.78 Å². The van der Waals surface area contributed by atoms with Gasteiger partial charge in [-0.2, -0.15) is 0 Å². The minimum absolute atomic E-state index is 0.267. The second-order valence-electron chi connectivity index (χ2n) is 3.88. The molecule has 0 fully saturated rings. The molecule has 1 aromatic heterocycles. The quantitative estimate of drug-likeness (QED) is 0.845. The summed E-state index contributed by atoms with van der Waals surface area (Å²) in [4.78, 5) is 3.84. The Morgan fingerprint density at radius 2 is 2.06 bits per heavy atom. The number of hydrogen-bond acceptors (Lipinski definition) is 2. The van der Waals surface area contributed by atoms with Gasteiger partial charge in [0.15, 0.2) is 11.6 Å². The molecule has 2 nitrogen and oxygen atoms in total. The Kier molecular flexibility index (Phi) is 3.77. The molecule has 0 saturated heterocycles. The Morgan fingerprint density at radius 3 is 2.78 bits per heavy atom. The van der Waals surface area contributed by atoms with Crippen LogP contribution in [0.4, 0.5) is 14.5 Å². The molecule has 1 atom stereocenters. The summed E-state index contributed by atoms with van der Waals surface area (Å²) in [5, 5.41) is 3.38. The summed E-state index contributed by atoms with van der Waals surface area (Å²) in [6.45, 7) is 1.74. The van der Waals surface area contributed by atoms with Gasteiger partial charge in [-0.25, -0.2) is 13.8 Å². The summed E-state index contributed by atoms with van der Waals surface area (Å²) in [5.74, 6) is -1.69. The summed E-state index contributed by atoms with van der Waals surface area (Å²) < 4.78 is 26.7. The van der Waals surface area contributed by atoms with Gasteiger partial charge in [-0.1, -0.05) is 23.7 Å². The number of hydrogen-bond donors (Lipinski definition) is 1. The van der Waals surface area contributed by atoms with Gasteiger partial charge in [-0.3, -0.25) is 0 Å². The lowest BCUT2D eigenvalue weighted by atomic mass is 10.1. The molecule has 0 aliphatic rings. The van der Waals surface area contributed by atoms with Crippen molar-refractivity contribution >= 4 is 17.3 Å². The van der Waals surface area contributed by atoms with E-state index in [4.69, 9.17) is 11.6 Å². The summed E-state index contributed by atoms with van der Waals surface area (Å²) >= 11 is 5.75. The number of pyridine rings is 1. The van der Waals surface area contributed by atoms with Gasteiger partial charge in [0.1, 0.15) is 5.15 Å². The topological polar surface area (TPSA) is 24.9 Å². The number of aromatic nitrogens is 1. The maximum absolute atomic E-state index is 13.6. The number of rotatable bonds is 3. The third kappa shape index (κ3) is 2.76. The van der Waals surface area contributed by atoms with E-state index < -0.39 is 11.6 Å². The fraction of sp³-hybridized carbons (Fsp3) is 0.154. The number of anilines is 1. The molecular formula is C13H11ClF2N2. The van der Waals surface area contributed by atoms with Gasteiger partial charge in [0, 0.05) is 17.4 Å². The van der Waals surface area contributed by atoms with Crippen molar-refractivity contribution in [3.8, 4) is 0 Å². The molecule has 0 bridgehead atoms. The van der Waals surface area contributed by atoms with Gasteiger partial charge in [0.05, 0.1) is 6.04 Å². The Morgan fingerprint density at radius 1 is 1.28 bits per heavy atom. The zero-order valence-electron chi connectivity index (χ0n) is 9.62. The SMILES string of the molecule is CC(Nc1ccnc(Cl)c1)c1cccc(F)c1F. The first-order valence-electron chi connectivity index (χ1n) is 5.40. The van der Waals surface area contributed by atoms with Gasteiger partial charge in [0.25, 0.3) is 0 Å². The average molecular weight is 269 g/mol. The molecule has 0 aliphatic carbocycles. The Labute approximate surface area is 109 Å². The molecule has 1 aromatic carbocycles. The minimum atomic E-state index is -0.853. The summed E-state index contributed by atoms with van der Waals surface area (Å²) in [6.07, 6.45) is 1.54. The molecule has 5 heteroatoms. The number of benzene rings is 1. The van der Waals surface area contributed by atoms with E-state index in [0.29, 0.717) is 10.8 Å². The van der Waals surface area contributed by atoms with Crippen LogP contribution in [0.5, 0.6) is 0 Å².